The van der Waals surface area contributed by atoms with Crippen LogP contribution in [-0.2, 0) is 6.18 Å². The van der Waals surface area contributed by atoms with Crippen LogP contribution in [0.3, 0.4) is 0 Å². The second-order valence-electron chi connectivity index (χ2n) is 6.08. The van der Waals surface area contributed by atoms with E-state index in [2.05, 4.69) is 20.5 Å². The lowest BCUT2D eigenvalue weighted by molar-refractivity contribution is -0.393. The summed E-state index contributed by atoms with van der Waals surface area (Å²) in [4.78, 5) is 28.2. The van der Waals surface area contributed by atoms with E-state index in [0.29, 0.717) is 17.8 Å². The highest BCUT2D eigenvalue weighted by molar-refractivity contribution is 6.35. The monoisotopic (exact) mass is 466 g/mol. The SMILES string of the molecule is O=[N+]([O-])c1ccc(N/N=C(\c2cccnc2)c2ncc(C(F)(F)F)cc2Cl)c([N+](=O)[O-])c1. The smallest absolute Gasteiger partial charge is 0.271 e. The van der Waals surface area contributed by atoms with Gasteiger partial charge in [-0.15, -0.1) is 0 Å². The van der Waals surface area contributed by atoms with Gasteiger partial charge >= 0.3 is 11.9 Å². The quantitative estimate of drug-likeness (QED) is 0.312. The molecular weight excluding hydrogens is 457 g/mol. The maximum atomic E-state index is 12.9. The fourth-order valence-electron chi connectivity index (χ4n) is 2.52. The first-order valence-corrected chi connectivity index (χ1v) is 8.85. The Bertz CT molecular complexity index is 1220. The molecule has 0 unspecified atom stereocenters. The van der Waals surface area contributed by atoms with E-state index in [1.54, 1.807) is 0 Å². The molecule has 32 heavy (non-hydrogen) atoms. The molecule has 2 aromatic heterocycles. The van der Waals surface area contributed by atoms with E-state index < -0.39 is 33.0 Å². The Morgan fingerprint density at radius 2 is 1.84 bits per heavy atom. The van der Waals surface area contributed by atoms with Gasteiger partial charge in [-0.2, -0.15) is 18.3 Å². The van der Waals surface area contributed by atoms with Gasteiger partial charge in [0.25, 0.3) is 5.69 Å². The van der Waals surface area contributed by atoms with E-state index in [1.165, 1.54) is 24.5 Å². The topological polar surface area (TPSA) is 136 Å². The van der Waals surface area contributed by atoms with E-state index in [4.69, 9.17) is 11.6 Å². The average molecular weight is 467 g/mol. The van der Waals surface area contributed by atoms with Crippen LogP contribution in [0.1, 0.15) is 16.8 Å². The van der Waals surface area contributed by atoms with Crippen molar-refractivity contribution in [3.8, 4) is 0 Å². The van der Waals surface area contributed by atoms with Gasteiger partial charge < -0.3 is 0 Å². The van der Waals surface area contributed by atoms with Gasteiger partial charge in [-0.05, 0) is 24.3 Å². The number of non-ortho nitro benzene ring substituents is 1. The maximum absolute atomic E-state index is 12.9. The van der Waals surface area contributed by atoms with Crippen LogP contribution in [0.25, 0.3) is 0 Å². The van der Waals surface area contributed by atoms with Crippen molar-refractivity contribution < 1.29 is 23.0 Å². The largest absolute Gasteiger partial charge is 0.417 e. The van der Waals surface area contributed by atoms with E-state index in [9.17, 15) is 33.4 Å². The molecule has 3 aromatic rings. The molecule has 164 valence electrons. The van der Waals surface area contributed by atoms with Gasteiger partial charge in [0.15, 0.2) is 0 Å². The molecule has 14 heteroatoms. The van der Waals surface area contributed by atoms with Crippen LogP contribution in [0, 0.1) is 20.2 Å². The van der Waals surface area contributed by atoms with Gasteiger partial charge in [-0.25, -0.2) is 0 Å². The molecule has 0 saturated heterocycles. The molecule has 0 saturated carbocycles. The van der Waals surface area contributed by atoms with E-state index in [1.807, 2.05) is 0 Å². The summed E-state index contributed by atoms with van der Waals surface area (Å²) in [6.07, 6.45) is -1.32. The van der Waals surface area contributed by atoms with Gasteiger partial charge in [-0.1, -0.05) is 11.6 Å². The number of alkyl halides is 3. The highest BCUT2D eigenvalue weighted by Crippen LogP contribution is 2.32. The Morgan fingerprint density at radius 3 is 2.41 bits per heavy atom. The second kappa shape index (κ2) is 8.93. The highest BCUT2D eigenvalue weighted by atomic mass is 35.5. The van der Waals surface area contributed by atoms with Crippen molar-refractivity contribution >= 4 is 34.4 Å². The third-order valence-corrected chi connectivity index (χ3v) is 4.29. The molecule has 3 rings (SSSR count). The average Bonchev–Trinajstić information content (AvgIpc) is 2.74. The van der Waals surface area contributed by atoms with Crippen molar-refractivity contribution in [1.29, 1.82) is 0 Å². The van der Waals surface area contributed by atoms with Crippen molar-refractivity contribution in [3.05, 3.63) is 97.1 Å². The zero-order valence-electron chi connectivity index (χ0n) is 15.6. The minimum absolute atomic E-state index is 0.0653. The van der Waals surface area contributed by atoms with Crippen LogP contribution in [-0.4, -0.2) is 25.5 Å². The summed E-state index contributed by atoms with van der Waals surface area (Å²) >= 11 is 6.02. The Morgan fingerprint density at radius 1 is 1.09 bits per heavy atom. The molecule has 10 nitrogen and oxygen atoms in total. The molecule has 0 spiro atoms. The van der Waals surface area contributed by atoms with Crippen LogP contribution in [0.5, 0.6) is 0 Å². The number of nitrogens with zero attached hydrogens (tertiary/aromatic N) is 5. The number of nitro benzene ring substituents is 2. The summed E-state index contributed by atoms with van der Waals surface area (Å²) in [5.74, 6) is 0. The number of anilines is 1. The first-order chi connectivity index (χ1) is 15.1. The van der Waals surface area contributed by atoms with Gasteiger partial charge in [0.1, 0.15) is 17.1 Å². The first-order valence-electron chi connectivity index (χ1n) is 8.48. The van der Waals surface area contributed by atoms with Gasteiger partial charge in [0, 0.05) is 30.2 Å². The van der Waals surface area contributed by atoms with Gasteiger partial charge in [0.2, 0.25) is 0 Å². The molecular formula is C18H10ClF3N6O4. The van der Waals surface area contributed by atoms with E-state index in [0.717, 1.165) is 18.2 Å². The second-order valence-corrected chi connectivity index (χ2v) is 6.49. The lowest BCUT2D eigenvalue weighted by atomic mass is 10.1. The fraction of sp³-hybridized carbons (Fsp3) is 0.0556. The number of nitrogens with one attached hydrogen (secondary N) is 1. The van der Waals surface area contributed by atoms with E-state index in [-0.39, 0.29) is 22.1 Å². The number of benzene rings is 1. The van der Waals surface area contributed by atoms with Crippen molar-refractivity contribution in [2.75, 3.05) is 5.43 Å². The zero-order valence-corrected chi connectivity index (χ0v) is 16.3. The Kier molecular flexibility index (Phi) is 6.30. The summed E-state index contributed by atoms with van der Waals surface area (Å²) in [5.41, 5.74) is 0.0576. The Labute approximate surface area is 181 Å². The molecule has 1 N–H and O–H groups in total. The lowest BCUT2D eigenvalue weighted by Gasteiger charge is -2.12. The number of pyridine rings is 2. The van der Waals surface area contributed by atoms with Crippen molar-refractivity contribution in [2.24, 2.45) is 5.10 Å². The lowest BCUT2D eigenvalue weighted by Crippen LogP contribution is -2.13. The minimum Gasteiger partial charge on any atom is -0.271 e. The summed E-state index contributed by atoms with van der Waals surface area (Å²) in [7, 11) is 0. The number of halogens is 4. The van der Waals surface area contributed by atoms with Crippen LogP contribution in [0.2, 0.25) is 5.02 Å². The minimum atomic E-state index is -4.67. The van der Waals surface area contributed by atoms with Gasteiger partial charge in [-0.3, -0.25) is 35.6 Å². The predicted octanol–water partition coefficient (Wildman–Crippen LogP) is 4.83. The van der Waals surface area contributed by atoms with Crippen LogP contribution in [0.15, 0.2) is 60.1 Å². The summed E-state index contributed by atoms with van der Waals surface area (Å²) in [5, 5.41) is 25.9. The molecule has 0 atom stereocenters. The first kappa shape index (κ1) is 22.6. The number of nitro groups is 2. The van der Waals surface area contributed by atoms with Crippen molar-refractivity contribution in [3.63, 3.8) is 0 Å². The zero-order chi connectivity index (χ0) is 23.5. The van der Waals surface area contributed by atoms with Crippen LogP contribution >= 0.6 is 11.6 Å². The Balaban J connectivity index is 2.09. The number of hydrogen-bond acceptors (Lipinski definition) is 8. The molecule has 0 aliphatic heterocycles. The van der Waals surface area contributed by atoms with E-state index >= 15 is 0 Å². The van der Waals surface area contributed by atoms with Crippen molar-refractivity contribution in [2.45, 2.75) is 6.18 Å². The number of hydrogen-bond donors (Lipinski definition) is 1. The molecule has 1 aromatic carbocycles. The third kappa shape index (κ3) is 4.95. The standard InChI is InChI=1S/C18H10ClF3N6O4/c19-13-6-11(18(20,21)22)9-24-17(13)16(10-2-1-5-23-8-10)26-25-14-4-3-12(27(29)30)7-15(14)28(31)32/h1-9,25H/b26-16+. The van der Waals surface area contributed by atoms with Crippen LogP contribution in [0.4, 0.5) is 30.2 Å². The molecule has 2 heterocycles. The number of hydrazone groups is 1. The molecule has 0 aliphatic rings. The molecule has 0 radical (unpaired) electrons. The molecule has 0 aliphatic carbocycles. The molecule has 0 amide bonds. The highest BCUT2D eigenvalue weighted by Gasteiger charge is 2.32. The Hall–Kier alpha value is -4.13. The van der Waals surface area contributed by atoms with Crippen LogP contribution < -0.4 is 5.43 Å². The summed E-state index contributed by atoms with van der Waals surface area (Å²) in [6, 6.07) is 6.56. The maximum Gasteiger partial charge on any atom is 0.417 e. The third-order valence-electron chi connectivity index (χ3n) is 4.00. The molecule has 0 fully saturated rings. The van der Waals surface area contributed by atoms with Gasteiger partial charge in [0.05, 0.1) is 26.5 Å². The fourth-order valence-corrected chi connectivity index (χ4v) is 2.78. The predicted molar refractivity (Wildman–Crippen MR) is 107 cm³/mol. The number of aromatic nitrogens is 2. The summed E-state index contributed by atoms with van der Waals surface area (Å²) < 4.78 is 38.8. The normalized spacial score (nSPS) is 11.8. The molecule has 0 bridgehead atoms. The summed E-state index contributed by atoms with van der Waals surface area (Å²) in [6.45, 7) is 0. The van der Waals surface area contributed by atoms with Crippen molar-refractivity contribution in [1.82, 2.24) is 9.97 Å². The number of rotatable bonds is 6.